The Bertz CT molecular complexity index is 352. The summed E-state index contributed by atoms with van der Waals surface area (Å²) in [5, 5.41) is 9.95. The molecule has 1 atom stereocenters. The topological polar surface area (TPSA) is 46.5 Å². The van der Waals surface area contributed by atoms with E-state index in [4.69, 9.17) is 4.74 Å². The van der Waals surface area contributed by atoms with Crippen LogP contribution >= 0.6 is 0 Å². The van der Waals surface area contributed by atoms with Crippen molar-refractivity contribution in [2.75, 3.05) is 33.3 Å². The zero-order valence-electron chi connectivity index (χ0n) is 14.3. The Morgan fingerprint density at radius 1 is 1.22 bits per heavy atom. The summed E-state index contributed by atoms with van der Waals surface area (Å²) in [7, 11) is -3.86. The van der Waals surface area contributed by atoms with Gasteiger partial charge in [0.05, 0.1) is 20.1 Å². The average molecular weight is 345 g/mol. The smallest absolute Gasteiger partial charge is 0.459 e. The van der Waals surface area contributed by atoms with Gasteiger partial charge in [-0.05, 0) is 19.8 Å². The molecule has 0 aromatic heterocycles. The summed E-state index contributed by atoms with van der Waals surface area (Å²) < 4.78 is 44.8. The summed E-state index contributed by atoms with van der Waals surface area (Å²) in [6, 6.07) is 0. The molecule has 0 rings (SSSR count). The minimum Gasteiger partial charge on any atom is -0.459 e. The van der Waals surface area contributed by atoms with Crippen LogP contribution in [0.15, 0.2) is 12.2 Å². The first-order valence-electron chi connectivity index (χ1n) is 7.56. The van der Waals surface area contributed by atoms with Crippen LogP contribution in [0.2, 0.25) is 0 Å². The van der Waals surface area contributed by atoms with E-state index in [9.17, 15) is 27.2 Å². The van der Waals surface area contributed by atoms with E-state index in [1.807, 2.05) is 0 Å². The van der Waals surface area contributed by atoms with Crippen molar-refractivity contribution in [3.8, 4) is 0 Å². The first-order chi connectivity index (χ1) is 10.3. The van der Waals surface area contributed by atoms with E-state index in [1.165, 1.54) is 0 Å². The van der Waals surface area contributed by atoms with Crippen molar-refractivity contribution in [3.05, 3.63) is 12.2 Å². The molecule has 0 bridgehead atoms. The van der Waals surface area contributed by atoms with Gasteiger partial charge in [-0.1, -0.05) is 20.4 Å². The number of hydrogen-bond donors (Lipinski definition) is 1. The minimum atomic E-state index is -6.00. The molecule has 1 N–H and O–H groups in total. The molecule has 0 spiro atoms. The van der Waals surface area contributed by atoms with Gasteiger partial charge < -0.3 is 31.6 Å². The van der Waals surface area contributed by atoms with Crippen molar-refractivity contribution >= 4 is 13.2 Å². The number of esters is 1. The van der Waals surface area contributed by atoms with Crippen molar-refractivity contribution in [1.29, 1.82) is 0 Å². The maximum absolute atomic E-state index is 11.2. The Hall–Kier alpha value is -1.09. The van der Waals surface area contributed by atoms with Gasteiger partial charge in [0.2, 0.25) is 0 Å². The molecule has 1 unspecified atom stereocenters. The lowest BCUT2D eigenvalue weighted by Crippen LogP contribution is -2.50. The summed E-state index contributed by atoms with van der Waals surface area (Å²) in [5.41, 5.74) is 0.363. The highest BCUT2D eigenvalue weighted by Gasteiger charge is 2.24. The number of aliphatic hydroxyl groups is 1. The van der Waals surface area contributed by atoms with Crippen LogP contribution in [-0.4, -0.2) is 62.2 Å². The van der Waals surface area contributed by atoms with Gasteiger partial charge in [0.25, 0.3) is 0 Å². The second-order valence-corrected chi connectivity index (χ2v) is 5.78. The van der Waals surface area contributed by atoms with Crippen LogP contribution in [0.25, 0.3) is 0 Å². The van der Waals surface area contributed by atoms with E-state index in [1.54, 1.807) is 6.92 Å². The zero-order chi connectivity index (χ0) is 18.7. The van der Waals surface area contributed by atoms with Crippen LogP contribution < -0.4 is 0 Å². The molecular weight excluding hydrogens is 317 g/mol. The summed E-state index contributed by atoms with van der Waals surface area (Å²) in [6.07, 6.45) is 1.54. The Morgan fingerprint density at radius 2 is 1.61 bits per heavy atom. The van der Waals surface area contributed by atoms with Gasteiger partial charge in [-0.3, -0.25) is 0 Å². The van der Waals surface area contributed by atoms with Gasteiger partial charge >= 0.3 is 13.2 Å². The van der Waals surface area contributed by atoms with Gasteiger partial charge in [0, 0.05) is 5.57 Å². The molecular formula is C14H28BF4NO3. The summed E-state index contributed by atoms with van der Waals surface area (Å²) in [4.78, 5) is 11.2. The largest absolute Gasteiger partial charge is 0.673 e. The molecule has 0 amide bonds. The molecule has 138 valence electrons. The Kier molecular flexibility index (Phi) is 12.0. The van der Waals surface area contributed by atoms with Crippen LogP contribution in [0.5, 0.6) is 0 Å². The number of hydrogen-bond acceptors (Lipinski definition) is 3. The standard InChI is InChI=1S/C14H28NO3.BF4/c1-6-8-15(5,9-7-2)10-13(16)11-18-14(17)12(3)4;2-1(3,4)5/h13,16H,3,6-11H2,1-2,4-5H3;/q+1;-1. The van der Waals surface area contributed by atoms with Gasteiger partial charge in [-0.25, -0.2) is 4.79 Å². The molecule has 0 aliphatic carbocycles. The summed E-state index contributed by atoms with van der Waals surface area (Å²) >= 11 is 0. The van der Waals surface area contributed by atoms with Gasteiger partial charge in [0.15, 0.2) is 0 Å². The molecule has 0 heterocycles. The third kappa shape index (κ3) is 17.1. The lowest BCUT2D eigenvalue weighted by atomic mass is 10.2. The highest BCUT2D eigenvalue weighted by atomic mass is 19.5. The number of halogens is 4. The zero-order valence-corrected chi connectivity index (χ0v) is 14.3. The number of aliphatic hydroxyl groups excluding tert-OH is 1. The van der Waals surface area contributed by atoms with Crippen LogP contribution in [0.1, 0.15) is 33.6 Å². The Morgan fingerprint density at radius 3 is 1.91 bits per heavy atom. The molecule has 0 saturated heterocycles. The molecule has 0 aromatic carbocycles. The monoisotopic (exact) mass is 345 g/mol. The second-order valence-electron chi connectivity index (χ2n) is 5.78. The SMILES string of the molecule is C=C(C)C(=O)OCC(O)C[N+](C)(CCC)CCC.F[B-](F)(F)F. The van der Waals surface area contributed by atoms with Crippen molar-refractivity contribution in [3.63, 3.8) is 0 Å². The molecule has 0 aliphatic heterocycles. The highest BCUT2D eigenvalue weighted by molar-refractivity contribution is 6.50. The van der Waals surface area contributed by atoms with Crippen molar-refractivity contribution in [2.45, 2.75) is 39.7 Å². The first kappa shape index (κ1) is 24.2. The fourth-order valence-corrected chi connectivity index (χ4v) is 2.23. The van der Waals surface area contributed by atoms with Crippen molar-refractivity contribution in [1.82, 2.24) is 0 Å². The third-order valence-corrected chi connectivity index (χ3v) is 2.93. The van der Waals surface area contributed by atoms with Crippen molar-refractivity contribution < 1.29 is 36.4 Å². The van der Waals surface area contributed by atoms with Crippen LogP contribution in [0, 0.1) is 0 Å². The highest BCUT2D eigenvalue weighted by Crippen LogP contribution is 2.08. The fraction of sp³-hybridized carbons (Fsp3) is 0.786. The fourth-order valence-electron chi connectivity index (χ4n) is 2.23. The van der Waals surface area contributed by atoms with E-state index in [2.05, 4.69) is 27.5 Å². The van der Waals surface area contributed by atoms with Crippen molar-refractivity contribution in [2.24, 2.45) is 0 Å². The van der Waals surface area contributed by atoms with Crippen LogP contribution in [0.3, 0.4) is 0 Å². The van der Waals surface area contributed by atoms with E-state index in [-0.39, 0.29) is 6.61 Å². The quantitative estimate of drug-likeness (QED) is 0.230. The maximum atomic E-state index is 11.2. The van der Waals surface area contributed by atoms with E-state index in [0.29, 0.717) is 12.1 Å². The third-order valence-electron chi connectivity index (χ3n) is 2.93. The predicted molar refractivity (Wildman–Crippen MR) is 83.3 cm³/mol. The Balaban J connectivity index is 0. The summed E-state index contributed by atoms with van der Waals surface area (Å²) in [6.45, 7) is 12.1. The molecule has 0 fully saturated rings. The average Bonchev–Trinajstić information content (AvgIpc) is 2.33. The number of quaternary nitrogens is 1. The first-order valence-corrected chi connectivity index (χ1v) is 7.56. The minimum absolute atomic E-state index is 0.0486. The number of likely N-dealkylation sites (N-methyl/N-ethyl adjacent to an activating group) is 1. The molecule has 0 aliphatic rings. The number of ether oxygens (including phenoxy) is 1. The second kappa shape index (κ2) is 11.5. The lowest BCUT2D eigenvalue weighted by Gasteiger charge is -2.35. The molecule has 0 saturated carbocycles. The number of nitrogens with zero attached hydrogens (tertiary/aromatic N) is 1. The predicted octanol–water partition coefficient (Wildman–Crippen LogP) is 3.03. The van der Waals surface area contributed by atoms with Crippen LogP contribution in [0.4, 0.5) is 17.3 Å². The normalized spacial score (nSPS) is 12.9. The number of carbonyl (C=O) groups is 1. The molecule has 9 heteroatoms. The molecule has 0 radical (unpaired) electrons. The van der Waals surface area contributed by atoms with E-state index >= 15 is 0 Å². The van der Waals surface area contributed by atoms with Crippen LogP contribution in [-0.2, 0) is 9.53 Å². The van der Waals surface area contributed by atoms with Gasteiger partial charge in [-0.2, -0.15) is 0 Å². The lowest BCUT2D eigenvalue weighted by molar-refractivity contribution is -0.912. The van der Waals surface area contributed by atoms with Gasteiger partial charge in [0.1, 0.15) is 19.3 Å². The molecule has 4 nitrogen and oxygen atoms in total. The van der Waals surface area contributed by atoms with E-state index in [0.717, 1.165) is 30.4 Å². The number of rotatable bonds is 9. The molecule has 23 heavy (non-hydrogen) atoms. The maximum Gasteiger partial charge on any atom is 0.673 e. The number of carbonyl (C=O) groups excluding carboxylic acids is 1. The van der Waals surface area contributed by atoms with E-state index < -0.39 is 19.3 Å². The Labute approximate surface area is 135 Å². The molecule has 0 aromatic rings. The summed E-state index contributed by atoms with van der Waals surface area (Å²) in [5.74, 6) is -0.436. The van der Waals surface area contributed by atoms with Gasteiger partial charge in [-0.15, -0.1) is 0 Å².